The van der Waals surface area contributed by atoms with Crippen LogP contribution in [0.3, 0.4) is 0 Å². The summed E-state index contributed by atoms with van der Waals surface area (Å²) in [5.74, 6) is -0.00762. The number of amides is 1. The van der Waals surface area contributed by atoms with E-state index < -0.39 is 0 Å². The van der Waals surface area contributed by atoms with Crippen LogP contribution in [0, 0.1) is 0 Å². The molecule has 1 amide bonds. The van der Waals surface area contributed by atoms with Gasteiger partial charge in [-0.3, -0.25) is 9.20 Å². The second-order valence-electron chi connectivity index (χ2n) is 9.02. The molecule has 2 aromatic carbocycles. The first kappa shape index (κ1) is 21.9. The predicted octanol–water partition coefficient (Wildman–Crippen LogP) is 4.78. The zero-order valence-corrected chi connectivity index (χ0v) is 20.3. The van der Waals surface area contributed by atoms with Crippen molar-refractivity contribution in [3.05, 3.63) is 77.1 Å². The van der Waals surface area contributed by atoms with E-state index in [0.717, 1.165) is 82.8 Å². The Bertz CT molecular complexity index is 1420. The maximum Gasteiger partial charge on any atom is 0.251 e. The molecule has 2 aromatic heterocycles. The van der Waals surface area contributed by atoms with Gasteiger partial charge in [0.2, 0.25) is 0 Å². The summed E-state index contributed by atoms with van der Waals surface area (Å²) < 4.78 is 2.07. The van der Waals surface area contributed by atoms with Crippen LogP contribution in [0.5, 0.6) is 0 Å². The van der Waals surface area contributed by atoms with Crippen molar-refractivity contribution < 1.29 is 4.79 Å². The molecular formula is C27H27ClN6O. The number of piperazine rings is 1. The van der Waals surface area contributed by atoms with Crippen LogP contribution in [-0.4, -0.2) is 52.9 Å². The number of anilines is 3. The minimum atomic E-state index is -0.00762. The molecular weight excluding hydrogens is 460 g/mol. The minimum Gasteiger partial charge on any atom is -0.368 e. The number of pyridine rings is 1. The van der Waals surface area contributed by atoms with Crippen molar-refractivity contribution in [2.24, 2.45) is 0 Å². The van der Waals surface area contributed by atoms with Crippen LogP contribution in [0.4, 0.5) is 17.1 Å². The fraction of sp³-hybridized carbons (Fsp3) is 0.259. The Hall–Kier alpha value is -3.55. The number of imidazole rings is 1. The molecule has 4 heterocycles. The molecule has 178 valence electrons. The summed E-state index contributed by atoms with van der Waals surface area (Å²) in [6, 6.07) is 16.2. The van der Waals surface area contributed by atoms with Crippen LogP contribution >= 0.6 is 11.6 Å². The number of halogens is 1. The minimum absolute atomic E-state index is 0.00762. The number of carbonyl (C=O) groups is 1. The van der Waals surface area contributed by atoms with Crippen LogP contribution in [-0.2, 0) is 6.54 Å². The predicted molar refractivity (Wildman–Crippen MR) is 141 cm³/mol. The Morgan fingerprint density at radius 3 is 2.71 bits per heavy atom. The number of aromatic nitrogens is 2. The second kappa shape index (κ2) is 8.91. The quantitative estimate of drug-likeness (QED) is 0.425. The van der Waals surface area contributed by atoms with E-state index in [2.05, 4.69) is 61.0 Å². The highest BCUT2D eigenvalue weighted by atomic mass is 35.5. The van der Waals surface area contributed by atoms with E-state index in [9.17, 15) is 4.79 Å². The van der Waals surface area contributed by atoms with Gasteiger partial charge in [0, 0.05) is 56.4 Å². The fourth-order valence-electron chi connectivity index (χ4n) is 5.04. The van der Waals surface area contributed by atoms with Gasteiger partial charge in [-0.2, -0.15) is 0 Å². The van der Waals surface area contributed by atoms with E-state index in [4.69, 9.17) is 11.6 Å². The van der Waals surface area contributed by atoms with E-state index in [0.29, 0.717) is 6.54 Å². The molecule has 0 spiro atoms. The van der Waals surface area contributed by atoms with Gasteiger partial charge in [-0.05, 0) is 60.1 Å². The standard InChI is InChI=1S/C27H27ClN6O/c1-2-32-11-13-33(14-12-32)25-7-4-20(16-22(25)28)31-23-6-8-24(34-10-9-29-26(23)34)18-3-5-21-19(15-18)17-30-27(21)35/h3-10,15-16,31H,2,11-14,17H2,1H3,(H,30,35). The third kappa shape index (κ3) is 4.00. The average molecular weight is 487 g/mol. The SMILES string of the molecule is CCN1CCN(c2ccc(Nc3ccc(-c4ccc5c(c4)CNC5=O)n4ccnc34)cc2Cl)CC1. The molecule has 0 aliphatic carbocycles. The Kier molecular flexibility index (Phi) is 5.59. The lowest BCUT2D eigenvalue weighted by molar-refractivity contribution is 0.0966. The van der Waals surface area contributed by atoms with Gasteiger partial charge >= 0.3 is 0 Å². The molecule has 7 nitrogen and oxygen atoms in total. The third-order valence-electron chi connectivity index (χ3n) is 7.02. The summed E-state index contributed by atoms with van der Waals surface area (Å²) in [6.45, 7) is 7.97. The number of hydrogen-bond donors (Lipinski definition) is 2. The zero-order chi connectivity index (χ0) is 23.9. The van der Waals surface area contributed by atoms with Gasteiger partial charge in [0.05, 0.1) is 22.1 Å². The van der Waals surface area contributed by atoms with E-state index in [-0.39, 0.29) is 5.91 Å². The number of rotatable bonds is 5. The third-order valence-corrected chi connectivity index (χ3v) is 7.32. The first-order valence-corrected chi connectivity index (χ1v) is 12.4. The van der Waals surface area contributed by atoms with Crippen LogP contribution in [0.25, 0.3) is 16.9 Å². The molecule has 2 aliphatic rings. The number of nitrogens with zero attached hydrogens (tertiary/aromatic N) is 4. The van der Waals surface area contributed by atoms with E-state index >= 15 is 0 Å². The molecule has 2 N–H and O–H groups in total. The normalized spacial score (nSPS) is 15.9. The number of nitrogens with one attached hydrogen (secondary N) is 2. The number of hydrogen-bond acceptors (Lipinski definition) is 5. The molecule has 0 saturated carbocycles. The largest absolute Gasteiger partial charge is 0.368 e. The van der Waals surface area contributed by atoms with E-state index in [1.54, 1.807) is 6.20 Å². The first-order valence-electron chi connectivity index (χ1n) is 12.0. The second-order valence-corrected chi connectivity index (χ2v) is 9.43. The highest BCUT2D eigenvalue weighted by Gasteiger charge is 2.20. The number of fused-ring (bicyclic) bond motifs is 2. The van der Waals surface area contributed by atoms with Crippen LogP contribution < -0.4 is 15.5 Å². The Balaban J connectivity index is 1.26. The number of likely N-dealkylation sites (N-methyl/N-ethyl adjacent to an activating group) is 1. The van der Waals surface area contributed by atoms with Gasteiger partial charge in [-0.25, -0.2) is 4.98 Å². The summed E-state index contributed by atoms with van der Waals surface area (Å²) in [5, 5.41) is 7.13. The van der Waals surface area contributed by atoms with Crippen LogP contribution in [0.2, 0.25) is 5.02 Å². The lowest BCUT2D eigenvalue weighted by Gasteiger charge is -2.36. The van der Waals surface area contributed by atoms with Gasteiger partial charge < -0.3 is 20.4 Å². The molecule has 2 aliphatic heterocycles. The highest BCUT2D eigenvalue weighted by molar-refractivity contribution is 6.33. The van der Waals surface area contributed by atoms with Gasteiger partial charge in [0.15, 0.2) is 5.65 Å². The molecule has 0 unspecified atom stereocenters. The molecule has 1 saturated heterocycles. The maximum absolute atomic E-state index is 11.9. The van der Waals surface area contributed by atoms with Crippen LogP contribution in [0.1, 0.15) is 22.8 Å². The van der Waals surface area contributed by atoms with Gasteiger partial charge in [0.1, 0.15) is 0 Å². The van der Waals surface area contributed by atoms with Crippen molar-refractivity contribution in [2.45, 2.75) is 13.5 Å². The first-order chi connectivity index (χ1) is 17.1. The summed E-state index contributed by atoms with van der Waals surface area (Å²) in [6.07, 6.45) is 3.76. The van der Waals surface area contributed by atoms with Crippen LogP contribution in [0.15, 0.2) is 60.9 Å². The van der Waals surface area contributed by atoms with Gasteiger partial charge in [-0.15, -0.1) is 0 Å². The Labute approximate surface area is 209 Å². The van der Waals surface area contributed by atoms with Crippen molar-refractivity contribution >= 4 is 40.2 Å². The fourth-order valence-corrected chi connectivity index (χ4v) is 5.34. The van der Waals surface area contributed by atoms with Crippen molar-refractivity contribution in [1.29, 1.82) is 0 Å². The molecule has 0 radical (unpaired) electrons. The number of benzene rings is 2. The van der Waals surface area contributed by atoms with Gasteiger partial charge in [-0.1, -0.05) is 24.6 Å². The van der Waals surface area contributed by atoms with Crippen molar-refractivity contribution in [1.82, 2.24) is 19.6 Å². The average Bonchev–Trinajstić information content (AvgIpc) is 3.52. The molecule has 35 heavy (non-hydrogen) atoms. The van der Waals surface area contributed by atoms with Crippen molar-refractivity contribution in [3.63, 3.8) is 0 Å². The molecule has 8 heteroatoms. The van der Waals surface area contributed by atoms with Crippen molar-refractivity contribution in [3.8, 4) is 11.3 Å². The number of carbonyl (C=O) groups excluding carboxylic acids is 1. The molecule has 4 aromatic rings. The topological polar surface area (TPSA) is 64.9 Å². The summed E-state index contributed by atoms with van der Waals surface area (Å²) in [4.78, 5) is 21.3. The highest BCUT2D eigenvalue weighted by Crippen LogP contribution is 2.33. The van der Waals surface area contributed by atoms with E-state index in [1.165, 1.54) is 0 Å². The maximum atomic E-state index is 11.9. The Morgan fingerprint density at radius 2 is 1.91 bits per heavy atom. The lowest BCUT2D eigenvalue weighted by Crippen LogP contribution is -2.46. The summed E-state index contributed by atoms with van der Waals surface area (Å²) >= 11 is 6.71. The Morgan fingerprint density at radius 1 is 1.06 bits per heavy atom. The molecule has 1 fully saturated rings. The molecule has 0 bridgehead atoms. The molecule has 6 rings (SSSR count). The zero-order valence-electron chi connectivity index (χ0n) is 19.6. The summed E-state index contributed by atoms with van der Waals surface area (Å²) in [7, 11) is 0. The van der Waals surface area contributed by atoms with Crippen molar-refractivity contribution in [2.75, 3.05) is 42.9 Å². The van der Waals surface area contributed by atoms with Gasteiger partial charge in [0.25, 0.3) is 5.91 Å². The summed E-state index contributed by atoms with van der Waals surface area (Å²) in [5.41, 5.74) is 7.57. The lowest BCUT2D eigenvalue weighted by atomic mass is 10.0. The van der Waals surface area contributed by atoms with E-state index in [1.807, 2.05) is 30.5 Å². The smallest absolute Gasteiger partial charge is 0.251 e. The molecule has 0 atom stereocenters. The monoisotopic (exact) mass is 486 g/mol.